The maximum atomic E-state index is 12.7. The zero-order valence-corrected chi connectivity index (χ0v) is 20.1. The third-order valence-electron chi connectivity index (χ3n) is 6.47. The van der Waals surface area contributed by atoms with Crippen molar-refractivity contribution >= 4 is 5.91 Å². The first-order valence-corrected chi connectivity index (χ1v) is 11.9. The fourth-order valence-electron chi connectivity index (χ4n) is 4.77. The molecular formula is C26H37N3O3. The minimum atomic E-state index is -0.176. The van der Waals surface area contributed by atoms with Crippen LogP contribution in [0.2, 0.25) is 0 Å². The van der Waals surface area contributed by atoms with Gasteiger partial charge in [-0.3, -0.25) is 9.78 Å². The summed E-state index contributed by atoms with van der Waals surface area (Å²) >= 11 is 0. The zero-order chi connectivity index (χ0) is 23.1. The molecule has 4 rings (SSSR count). The smallest absolute Gasteiger partial charge is 0.272 e. The van der Waals surface area contributed by atoms with Gasteiger partial charge in [0.2, 0.25) is 0 Å². The number of piperidine rings is 1. The van der Waals surface area contributed by atoms with Crippen LogP contribution in [0.3, 0.4) is 0 Å². The summed E-state index contributed by atoms with van der Waals surface area (Å²) in [5.74, 6) is 1.83. The summed E-state index contributed by atoms with van der Waals surface area (Å²) in [5.41, 5.74) is 2.49. The van der Waals surface area contributed by atoms with Gasteiger partial charge in [-0.25, -0.2) is 0 Å². The van der Waals surface area contributed by atoms with Crippen molar-refractivity contribution < 1.29 is 14.3 Å². The van der Waals surface area contributed by atoms with Crippen molar-refractivity contribution in [1.29, 1.82) is 0 Å². The first-order valence-electron chi connectivity index (χ1n) is 11.9. The van der Waals surface area contributed by atoms with Gasteiger partial charge in [-0.15, -0.1) is 0 Å². The Balaban J connectivity index is 0.00000141. The Morgan fingerprint density at radius 3 is 2.50 bits per heavy atom. The fourth-order valence-corrected chi connectivity index (χ4v) is 4.77. The van der Waals surface area contributed by atoms with Crippen LogP contribution in [-0.4, -0.2) is 54.7 Å². The first-order chi connectivity index (χ1) is 15.6. The molecule has 174 valence electrons. The van der Waals surface area contributed by atoms with E-state index in [2.05, 4.69) is 10.3 Å². The molecule has 1 aromatic heterocycles. The second kappa shape index (κ2) is 10.8. The van der Waals surface area contributed by atoms with Gasteiger partial charge >= 0.3 is 0 Å². The number of benzene rings is 1. The largest absolute Gasteiger partial charge is 0.496 e. The van der Waals surface area contributed by atoms with Gasteiger partial charge in [0, 0.05) is 30.8 Å². The van der Waals surface area contributed by atoms with Crippen molar-refractivity contribution in [3.05, 3.63) is 53.3 Å². The standard InChI is InChI=1S/C24H31N3O3.C2H6/c1-4-27(5-2)23(28)19-10-9-17(16-26-19)18-15-24(11-13-25-14-12-24)30-21-8-6-7-20(29-3)22(18)21;1-2/h6-10,16,18,25H,4-5,11-15H2,1-3H3;1-2H3. The Bertz CT molecular complexity index is 888. The van der Waals surface area contributed by atoms with Crippen LogP contribution in [0.4, 0.5) is 0 Å². The lowest BCUT2D eigenvalue weighted by Crippen LogP contribution is -2.49. The minimum Gasteiger partial charge on any atom is -0.496 e. The van der Waals surface area contributed by atoms with Crippen LogP contribution < -0.4 is 14.8 Å². The second-order valence-electron chi connectivity index (χ2n) is 8.12. The van der Waals surface area contributed by atoms with E-state index in [1.807, 2.05) is 64.2 Å². The molecule has 2 aliphatic rings. The van der Waals surface area contributed by atoms with Crippen molar-refractivity contribution in [3.8, 4) is 11.5 Å². The summed E-state index contributed by atoms with van der Waals surface area (Å²) in [6.07, 6.45) is 4.70. The monoisotopic (exact) mass is 439 g/mol. The number of aromatic nitrogens is 1. The molecule has 0 aliphatic carbocycles. The zero-order valence-electron chi connectivity index (χ0n) is 20.1. The molecule has 3 heterocycles. The Morgan fingerprint density at radius 1 is 1.19 bits per heavy atom. The molecular weight excluding hydrogens is 402 g/mol. The van der Waals surface area contributed by atoms with Gasteiger partial charge in [-0.1, -0.05) is 26.0 Å². The predicted octanol–water partition coefficient (Wildman–Crippen LogP) is 4.64. The number of carbonyl (C=O) groups is 1. The fraction of sp³-hybridized carbons (Fsp3) is 0.538. The predicted molar refractivity (Wildman–Crippen MR) is 128 cm³/mol. The highest BCUT2D eigenvalue weighted by molar-refractivity contribution is 5.92. The van der Waals surface area contributed by atoms with Crippen molar-refractivity contribution in [3.63, 3.8) is 0 Å². The number of methoxy groups -OCH3 is 1. The highest BCUT2D eigenvalue weighted by Crippen LogP contribution is 2.50. The van der Waals surface area contributed by atoms with Crippen molar-refractivity contribution in [2.75, 3.05) is 33.3 Å². The number of amides is 1. The molecule has 6 nitrogen and oxygen atoms in total. The molecule has 32 heavy (non-hydrogen) atoms. The van der Waals surface area contributed by atoms with Crippen LogP contribution in [0, 0.1) is 0 Å². The van der Waals surface area contributed by atoms with Gasteiger partial charge in [-0.2, -0.15) is 0 Å². The maximum absolute atomic E-state index is 12.7. The van der Waals surface area contributed by atoms with E-state index < -0.39 is 0 Å². The van der Waals surface area contributed by atoms with E-state index in [-0.39, 0.29) is 17.4 Å². The number of carbonyl (C=O) groups excluding carboxylic acids is 1. The number of nitrogens with one attached hydrogen (secondary N) is 1. The van der Waals surface area contributed by atoms with Crippen molar-refractivity contribution in [2.45, 2.75) is 58.5 Å². The first kappa shape index (κ1) is 24.1. The second-order valence-corrected chi connectivity index (χ2v) is 8.12. The number of nitrogens with zero attached hydrogens (tertiary/aromatic N) is 2. The Hall–Kier alpha value is -2.60. The van der Waals surface area contributed by atoms with Gasteiger partial charge < -0.3 is 19.7 Å². The summed E-state index contributed by atoms with van der Waals surface area (Å²) in [7, 11) is 1.70. The molecule has 2 aliphatic heterocycles. The van der Waals surface area contributed by atoms with E-state index in [4.69, 9.17) is 9.47 Å². The Morgan fingerprint density at radius 2 is 1.91 bits per heavy atom. The lowest BCUT2D eigenvalue weighted by atomic mass is 9.75. The van der Waals surface area contributed by atoms with Gasteiger partial charge in [0.25, 0.3) is 5.91 Å². The van der Waals surface area contributed by atoms with Crippen LogP contribution in [-0.2, 0) is 0 Å². The van der Waals surface area contributed by atoms with Gasteiger partial charge in [0.1, 0.15) is 22.8 Å². The summed E-state index contributed by atoms with van der Waals surface area (Å²) in [6.45, 7) is 11.3. The molecule has 1 atom stereocenters. The molecule has 1 amide bonds. The third-order valence-corrected chi connectivity index (χ3v) is 6.47. The number of hydrogen-bond donors (Lipinski definition) is 1. The van der Waals surface area contributed by atoms with Crippen LogP contribution in [0.25, 0.3) is 0 Å². The molecule has 0 bridgehead atoms. The van der Waals surface area contributed by atoms with E-state index in [0.29, 0.717) is 18.8 Å². The van der Waals surface area contributed by atoms with Crippen LogP contribution >= 0.6 is 0 Å². The molecule has 1 spiro atoms. The summed E-state index contributed by atoms with van der Waals surface area (Å²) < 4.78 is 12.3. The molecule has 1 saturated heterocycles. The van der Waals surface area contributed by atoms with E-state index in [1.54, 1.807) is 12.0 Å². The molecule has 2 aromatic rings. The Kier molecular flexibility index (Phi) is 8.13. The molecule has 1 fully saturated rings. The number of fused-ring (bicyclic) bond motifs is 1. The van der Waals surface area contributed by atoms with Crippen molar-refractivity contribution in [1.82, 2.24) is 15.2 Å². The van der Waals surface area contributed by atoms with E-state index in [9.17, 15) is 4.79 Å². The SMILES string of the molecule is CC.CCN(CC)C(=O)c1ccc(C2CC3(CCNCC3)Oc3cccc(OC)c32)cn1. The van der Waals surface area contributed by atoms with Crippen LogP contribution in [0.5, 0.6) is 11.5 Å². The molecule has 0 radical (unpaired) electrons. The van der Waals surface area contributed by atoms with E-state index in [1.165, 1.54) is 0 Å². The summed E-state index contributed by atoms with van der Waals surface area (Å²) in [6, 6.07) is 9.92. The van der Waals surface area contributed by atoms with E-state index >= 15 is 0 Å². The number of ether oxygens (including phenoxy) is 2. The third kappa shape index (κ3) is 4.75. The molecule has 1 N–H and O–H groups in total. The minimum absolute atomic E-state index is 0.0219. The quantitative estimate of drug-likeness (QED) is 0.736. The lowest BCUT2D eigenvalue weighted by Gasteiger charge is -2.45. The number of hydrogen-bond acceptors (Lipinski definition) is 5. The normalized spacial score (nSPS) is 18.6. The van der Waals surface area contributed by atoms with Crippen molar-refractivity contribution in [2.24, 2.45) is 0 Å². The van der Waals surface area contributed by atoms with E-state index in [0.717, 1.165) is 55.0 Å². The lowest BCUT2D eigenvalue weighted by molar-refractivity contribution is 0.0107. The summed E-state index contributed by atoms with van der Waals surface area (Å²) in [4.78, 5) is 19.0. The molecule has 0 saturated carbocycles. The van der Waals surface area contributed by atoms with Gasteiger partial charge in [0.15, 0.2) is 0 Å². The van der Waals surface area contributed by atoms with Gasteiger partial charge in [0.05, 0.1) is 7.11 Å². The average Bonchev–Trinajstić information content (AvgIpc) is 2.85. The number of pyridine rings is 1. The molecule has 1 aromatic carbocycles. The Labute approximate surface area is 192 Å². The summed E-state index contributed by atoms with van der Waals surface area (Å²) in [5, 5.41) is 3.44. The van der Waals surface area contributed by atoms with Crippen LogP contribution in [0.1, 0.15) is 74.5 Å². The molecule has 1 unspecified atom stereocenters. The highest BCUT2D eigenvalue weighted by Gasteiger charge is 2.43. The number of rotatable bonds is 5. The maximum Gasteiger partial charge on any atom is 0.272 e. The topological polar surface area (TPSA) is 63.7 Å². The van der Waals surface area contributed by atoms with Crippen LogP contribution in [0.15, 0.2) is 36.5 Å². The highest BCUT2D eigenvalue weighted by atomic mass is 16.5. The van der Waals surface area contributed by atoms with Gasteiger partial charge in [-0.05, 0) is 70.0 Å². The average molecular weight is 440 g/mol. The molecule has 6 heteroatoms.